The van der Waals surface area contributed by atoms with Gasteiger partial charge in [0, 0.05) is 24.1 Å². The number of para-hydroxylation sites is 1. The largest absolute Gasteiger partial charge is 0.497 e. The highest BCUT2D eigenvalue weighted by Gasteiger charge is 2.71. The maximum absolute atomic E-state index is 15.1. The summed E-state index contributed by atoms with van der Waals surface area (Å²) in [5, 5.41) is 1.98. The van der Waals surface area contributed by atoms with E-state index in [2.05, 4.69) is 0 Å². The van der Waals surface area contributed by atoms with Crippen LogP contribution < -0.4 is 19.5 Å². The fraction of sp³-hybridized carbons (Fsp3) is 0.433. The normalized spacial score (nSPS) is 20.1. The molecule has 0 unspecified atom stereocenters. The molecule has 0 spiro atoms. The van der Waals surface area contributed by atoms with Crippen LogP contribution >= 0.6 is 0 Å². The minimum Gasteiger partial charge on any atom is -0.497 e. The zero-order valence-electron chi connectivity index (χ0n) is 23.6. The van der Waals surface area contributed by atoms with Crippen molar-refractivity contribution in [1.29, 1.82) is 0 Å². The van der Waals surface area contributed by atoms with E-state index in [1.54, 1.807) is 56.3 Å². The van der Waals surface area contributed by atoms with Crippen molar-refractivity contribution >= 4 is 17.6 Å². The second-order valence-electron chi connectivity index (χ2n) is 11.0. The Morgan fingerprint density at radius 2 is 1.66 bits per heavy atom. The van der Waals surface area contributed by atoms with Gasteiger partial charge in [0.1, 0.15) is 5.75 Å². The Morgan fingerprint density at radius 1 is 0.976 bits per heavy atom. The number of nitrogens with zero attached hydrogens (tertiary/aromatic N) is 1. The highest BCUT2D eigenvalue weighted by molar-refractivity contribution is 6.13. The summed E-state index contributed by atoms with van der Waals surface area (Å²) in [6.07, 6.45) is -5.66. The van der Waals surface area contributed by atoms with Crippen LogP contribution in [0.3, 0.4) is 0 Å². The SMILES string of the molecule is COc1ccc(CCC(=O)N[C@@]2(C(F)(F)F)C(=O)N(Cc3cccc(OC)c3OC)C3=C2C(=O)CC(C)(C)C3)cc1. The fourth-order valence-corrected chi connectivity index (χ4v) is 5.56. The van der Waals surface area contributed by atoms with Crippen molar-refractivity contribution in [3.8, 4) is 17.2 Å². The second kappa shape index (κ2) is 11.1. The van der Waals surface area contributed by atoms with Crippen LogP contribution in [0.4, 0.5) is 13.2 Å². The van der Waals surface area contributed by atoms with Crippen LogP contribution in [-0.4, -0.2) is 55.5 Å². The van der Waals surface area contributed by atoms with E-state index in [-0.39, 0.29) is 43.7 Å². The average Bonchev–Trinajstić information content (AvgIpc) is 3.14. The lowest BCUT2D eigenvalue weighted by Gasteiger charge is -2.35. The van der Waals surface area contributed by atoms with Crippen molar-refractivity contribution in [2.24, 2.45) is 5.41 Å². The van der Waals surface area contributed by atoms with Gasteiger partial charge in [0.2, 0.25) is 11.4 Å². The number of methoxy groups -OCH3 is 3. The van der Waals surface area contributed by atoms with E-state index in [0.717, 1.165) is 4.90 Å². The van der Waals surface area contributed by atoms with E-state index < -0.39 is 40.3 Å². The molecular weight excluding hydrogens is 541 g/mol. The van der Waals surface area contributed by atoms with Gasteiger partial charge in [-0.2, -0.15) is 13.2 Å². The van der Waals surface area contributed by atoms with Gasteiger partial charge in [0.05, 0.1) is 33.4 Å². The molecular formula is C30H33F3N2O6. The maximum Gasteiger partial charge on any atom is 0.425 e. The standard InChI is InChI=1S/C30H33F3N2O6/c1-28(2)15-21-25(22(36)16-28)29(30(31,32)33,34-24(37)14-11-18-9-12-20(39-3)13-10-18)27(38)35(21)17-19-7-6-8-23(40-4)26(19)41-5/h6-10,12-13H,11,14-17H2,1-5H3,(H,34,37)/t29-/m1/s1. The smallest absolute Gasteiger partial charge is 0.425 e. The van der Waals surface area contributed by atoms with E-state index in [4.69, 9.17) is 14.2 Å². The summed E-state index contributed by atoms with van der Waals surface area (Å²) in [6, 6.07) is 11.6. The molecule has 4 rings (SSSR count). The Balaban J connectivity index is 1.74. The van der Waals surface area contributed by atoms with Crippen LogP contribution in [0.1, 0.15) is 44.2 Å². The molecule has 1 aliphatic heterocycles. The third-order valence-corrected chi connectivity index (χ3v) is 7.48. The van der Waals surface area contributed by atoms with Crippen LogP contribution in [0.15, 0.2) is 53.7 Å². The lowest BCUT2D eigenvalue weighted by atomic mass is 9.72. The third kappa shape index (κ3) is 5.49. The molecule has 0 saturated heterocycles. The number of nitrogens with one attached hydrogen (secondary N) is 1. The number of carbonyl (C=O) groups is 3. The Hall–Kier alpha value is -4.02. The summed E-state index contributed by atoms with van der Waals surface area (Å²) in [5.41, 5.74) is -3.89. The minimum atomic E-state index is -5.29. The molecule has 220 valence electrons. The van der Waals surface area contributed by atoms with Crippen LogP contribution in [0.2, 0.25) is 0 Å². The first-order chi connectivity index (χ1) is 19.3. The molecule has 1 aliphatic carbocycles. The number of ether oxygens (including phenoxy) is 3. The Labute approximate surface area is 236 Å². The third-order valence-electron chi connectivity index (χ3n) is 7.48. The number of hydrogen-bond acceptors (Lipinski definition) is 6. The van der Waals surface area contributed by atoms with Crippen LogP contribution in [0.25, 0.3) is 0 Å². The zero-order chi connectivity index (χ0) is 30.2. The first-order valence-corrected chi connectivity index (χ1v) is 13.1. The van der Waals surface area contributed by atoms with Gasteiger partial charge >= 0.3 is 6.18 Å². The Kier molecular flexibility index (Phi) is 8.11. The molecule has 2 aromatic rings. The predicted molar refractivity (Wildman–Crippen MR) is 143 cm³/mol. The highest BCUT2D eigenvalue weighted by atomic mass is 19.4. The molecule has 2 aliphatic rings. The van der Waals surface area contributed by atoms with E-state index in [0.29, 0.717) is 22.6 Å². The first kappa shape index (κ1) is 30.0. The van der Waals surface area contributed by atoms with Gasteiger partial charge < -0.3 is 24.4 Å². The molecule has 0 aromatic heterocycles. The summed E-state index contributed by atoms with van der Waals surface area (Å²) in [5.74, 6) is -2.08. The van der Waals surface area contributed by atoms with Gasteiger partial charge in [-0.15, -0.1) is 0 Å². The number of ketones is 1. The summed E-state index contributed by atoms with van der Waals surface area (Å²) in [7, 11) is 4.30. The number of allylic oxidation sites excluding steroid dienone is 1. The number of halogens is 3. The number of alkyl halides is 3. The molecule has 8 nitrogen and oxygen atoms in total. The van der Waals surface area contributed by atoms with Gasteiger partial charge in [-0.3, -0.25) is 14.4 Å². The Morgan fingerprint density at radius 3 is 2.24 bits per heavy atom. The number of Topliss-reactive ketones (excluding diaryl/α,β-unsaturated/α-hetero) is 1. The molecule has 1 N–H and O–H groups in total. The minimum absolute atomic E-state index is 0.0334. The average molecular weight is 575 g/mol. The van der Waals surface area contributed by atoms with Crippen molar-refractivity contribution in [2.75, 3.05) is 21.3 Å². The lowest BCUT2D eigenvalue weighted by Crippen LogP contribution is -2.66. The number of aryl methyl sites for hydroxylation is 1. The highest BCUT2D eigenvalue weighted by Crippen LogP contribution is 2.52. The van der Waals surface area contributed by atoms with Crippen molar-refractivity contribution in [3.63, 3.8) is 0 Å². The number of carbonyl (C=O) groups excluding carboxylic acids is 3. The van der Waals surface area contributed by atoms with Gasteiger partial charge in [-0.25, -0.2) is 0 Å². The molecule has 0 fully saturated rings. The van der Waals surface area contributed by atoms with Crippen molar-refractivity contribution in [3.05, 3.63) is 64.9 Å². The van der Waals surface area contributed by atoms with Crippen molar-refractivity contribution in [2.45, 2.75) is 57.8 Å². The topological polar surface area (TPSA) is 94.2 Å². The quantitative estimate of drug-likeness (QED) is 0.465. The molecule has 41 heavy (non-hydrogen) atoms. The molecule has 11 heteroatoms. The number of benzene rings is 2. The summed E-state index contributed by atoms with van der Waals surface area (Å²) in [6.45, 7) is 3.19. The maximum atomic E-state index is 15.1. The fourth-order valence-electron chi connectivity index (χ4n) is 5.56. The van der Waals surface area contributed by atoms with Crippen LogP contribution in [0, 0.1) is 5.41 Å². The monoisotopic (exact) mass is 574 g/mol. The van der Waals surface area contributed by atoms with Crippen LogP contribution in [0.5, 0.6) is 17.2 Å². The van der Waals surface area contributed by atoms with Gasteiger partial charge in [-0.1, -0.05) is 38.1 Å². The van der Waals surface area contributed by atoms with Crippen molar-refractivity contribution in [1.82, 2.24) is 10.2 Å². The number of rotatable bonds is 9. The van der Waals surface area contributed by atoms with E-state index in [1.165, 1.54) is 21.3 Å². The summed E-state index contributed by atoms with van der Waals surface area (Å²) < 4.78 is 61.1. The molecule has 2 aromatic carbocycles. The molecule has 0 bridgehead atoms. The lowest BCUT2D eigenvalue weighted by molar-refractivity contribution is -0.194. The van der Waals surface area contributed by atoms with Gasteiger partial charge in [0.25, 0.3) is 5.91 Å². The summed E-state index contributed by atoms with van der Waals surface area (Å²) >= 11 is 0. The first-order valence-electron chi connectivity index (χ1n) is 13.1. The number of hydrogen-bond donors (Lipinski definition) is 1. The van der Waals surface area contributed by atoms with Crippen LogP contribution in [-0.2, 0) is 27.3 Å². The Bertz CT molecular complexity index is 1380. The molecule has 0 saturated carbocycles. The van der Waals surface area contributed by atoms with Crippen molar-refractivity contribution < 1.29 is 41.8 Å². The summed E-state index contributed by atoms with van der Waals surface area (Å²) in [4.78, 5) is 41.4. The molecule has 2 amide bonds. The predicted octanol–water partition coefficient (Wildman–Crippen LogP) is 4.75. The van der Waals surface area contributed by atoms with E-state index in [9.17, 15) is 14.4 Å². The second-order valence-corrected chi connectivity index (χ2v) is 11.0. The van der Waals surface area contributed by atoms with Gasteiger partial charge in [0.15, 0.2) is 17.3 Å². The van der Waals surface area contributed by atoms with Gasteiger partial charge in [-0.05, 0) is 42.0 Å². The van der Waals surface area contributed by atoms with E-state index in [1.807, 2.05) is 5.32 Å². The molecule has 0 radical (unpaired) electrons. The molecule has 1 heterocycles. The zero-order valence-corrected chi connectivity index (χ0v) is 23.6. The van der Waals surface area contributed by atoms with E-state index >= 15 is 13.2 Å². The molecule has 1 atom stereocenters. The number of amides is 2.